The van der Waals surface area contributed by atoms with E-state index in [4.69, 9.17) is 14.7 Å². The van der Waals surface area contributed by atoms with E-state index in [2.05, 4.69) is 30.3 Å². The molecule has 0 atom stereocenters. The van der Waals surface area contributed by atoms with E-state index in [1.54, 1.807) is 11.3 Å². The number of morpholine rings is 1. The number of nitrogens with zero attached hydrogens (tertiary/aromatic N) is 3. The number of rotatable bonds is 6. The summed E-state index contributed by atoms with van der Waals surface area (Å²) in [5.41, 5.74) is 1.31. The van der Waals surface area contributed by atoms with Crippen molar-refractivity contribution in [1.29, 1.82) is 0 Å². The molecule has 0 aromatic carbocycles. The van der Waals surface area contributed by atoms with Gasteiger partial charge in [0.25, 0.3) is 0 Å². The molecule has 1 saturated carbocycles. The van der Waals surface area contributed by atoms with E-state index in [0.717, 1.165) is 55.9 Å². The van der Waals surface area contributed by atoms with Crippen molar-refractivity contribution in [2.24, 2.45) is 0 Å². The summed E-state index contributed by atoms with van der Waals surface area (Å²) in [5.74, 6) is 1.95. The van der Waals surface area contributed by atoms with Crippen LogP contribution in [0.4, 0.5) is 5.82 Å². The average Bonchev–Trinajstić information content (AvgIpc) is 3.35. The Morgan fingerprint density at radius 3 is 2.68 bits per heavy atom. The predicted molar refractivity (Wildman–Crippen MR) is 107 cm³/mol. The molecule has 7 heteroatoms. The monoisotopic (exact) mass is 378 g/mol. The average molecular weight is 379 g/mol. The summed E-state index contributed by atoms with van der Waals surface area (Å²) in [6.45, 7) is 9.69. The maximum Gasteiger partial charge on any atom is 0.146 e. The Balaban J connectivity index is 1.62. The van der Waals surface area contributed by atoms with Gasteiger partial charge in [0.2, 0.25) is 0 Å². The van der Waals surface area contributed by atoms with Gasteiger partial charge >= 0.3 is 0 Å². The van der Waals surface area contributed by atoms with Crippen molar-refractivity contribution < 1.29 is 4.74 Å². The summed E-state index contributed by atoms with van der Waals surface area (Å²) in [7, 11) is 0. The highest BCUT2D eigenvalue weighted by Crippen LogP contribution is 2.47. The van der Waals surface area contributed by atoms with Crippen LogP contribution in [0.3, 0.4) is 0 Å². The molecule has 4 rings (SSSR count). The smallest absolute Gasteiger partial charge is 0.146 e. The lowest BCUT2D eigenvalue weighted by Crippen LogP contribution is -2.36. The summed E-state index contributed by atoms with van der Waals surface area (Å²) in [6, 6.07) is 0. The van der Waals surface area contributed by atoms with E-state index < -0.39 is 0 Å². The van der Waals surface area contributed by atoms with Gasteiger partial charge in [0.05, 0.1) is 25.1 Å². The molecule has 2 aromatic heterocycles. The van der Waals surface area contributed by atoms with Gasteiger partial charge in [0, 0.05) is 29.3 Å². The number of anilines is 1. The maximum absolute atomic E-state index is 5.45. The van der Waals surface area contributed by atoms with Crippen molar-refractivity contribution in [3.05, 3.63) is 16.3 Å². The van der Waals surface area contributed by atoms with Crippen LogP contribution in [0.1, 0.15) is 29.1 Å². The van der Waals surface area contributed by atoms with Crippen LogP contribution in [-0.2, 0) is 11.3 Å². The fourth-order valence-corrected chi connectivity index (χ4v) is 5.06. The number of aryl methyl sites for hydroxylation is 2. The van der Waals surface area contributed by atoms with E-state index in [9.17, 15) is 0 Å². The summed E-state index contributed by atoms with van der Waals surface area (Å²) >= 11 is 3.76. The number of nitrogens with one attached hydrogen (secondary N) is 1. The third-order valence-corrected chi connectivity index (χ3v) is 7.88. The molecule has 136 valence electrons. The van der Waals surface area contributed by atoms with Crippen LogP contribution >= 0.6 is 23.1 Å². The van der Waals surface area contributed by atoms with Crippen molar-refractivity contribution in [2.75, 3.05) is 44.4 Å². The van der Waals surface area contributed by atoms with Crippen molar-refractivity contribution in [2.45, 2.75) is 38.0 Å². The lowest BCUT2D eigenvalue weighted by molar-refractivity contribution is 0.0331. The molecule has 0 radical (unpaired) electrons. The van der Waals surface area contributed by atoms with Crippen molar-refractivity contribution in [3.8, 4) is 0 Å². The topological polar surface area (TPSA) is 50.3 Å². The first kappa shape index (κ1) is 17.5. The molecule has 2 aliphatic rings. The Kier molecular flexibility index (Phi) is 4.92. The summed E-state index contributed by atoms with van der Waals surface area (Å²) in [5, 5.41) is 4.88. The number of aromatic nitrogens is 2. The number of fused-ring (bicyclic) bond motifs is 1. The zero-order chi connectivity index (χ0) is 17.4. The molecule has 25 heavy (non-hydrogen) atoms. The standard InChI is InChI=1S/C18H26N4OS2/c1-12-13(2)25-17-15(12)16(19-11-18(24-3)4-5-18)20-14(21-17)10-22-6-8-23-9-7-22/h4-11H2,1-3H3,(H,19,20,21). The van der Waals surface area contributed by atoms with Crippen LogP contribution in [0.15, 0.2) is 0 Å². The normalized spacial score (nSPS) is 20.1. The Bertz CT molecular complexity index is 766. The molecule has 2 fully saturated rings. The van der Waals surface area contributed by atoms with Gasteiger partial charge in [-0.3, -0.25) is 4.90 Å². The summed E-state index contributed by atoms with van der Waals surface area (Å²) in [6.07, 6.45) is 4.82. The van der Waals surface area contributed by atoms with Gasteiger partial charge in [0.15, 0.2) is 0 Å². The van der Waals surface area contributed by atoms with Crippen molar-refractivity contribution in [1.82, 2.24) is 14.9 Å². The largest absolute Gasteiger partial charge is 0.379 e. The number of hydrogen-bond acceptors (Lipinski definition) is 7. The lowest BCUT2D eigenvalue weighted by atomic mass is 10.2. The van der Waals surface area contributed by atoms with Gasteiger partial charge in [-0.25, -0.2) is 9.97 Å². The minimum absolute atomic E-state index is 0.417. The minimum Gasteiger partial charge on any atom is -0.379 e. The summed E-state index contributed by atoms with van der Waals surface area (Å²) in [4.78, 5) is 14.6. The molecule has 0 spiro atoms. The van der Waals surface area contributed by atoms with Crippen LogP contribution in [-0.4, -0.2) is 58.7 Å². The van der Waals surface area contributed by atoms with Gasteiger partial charge in [0.1, 0.15) is 16.5 Å². The zero-order valence-corrected chi connectivity index (χ0v) is 16.9. The molecule has 1 saturated heterocycles. The van der Waals surface area contributed by atoms with Crippen LogP contribution in [0, 0.1) is 13.8 Å². The van der Waals surface area contributed by atoms with Gasteiger partial charge in [-0.2, -0.15) is 11.8 Å². The molecule has 1 aliphatic carbocycles. The van der Waals surface area contributed by atoms with Gasteiger partial charge in [-0.1, -0.05) is 0 Å². The van der Waals surface area contributed by atoms with Crippen molar-refractivity contribution >= 4 is 39.1 Å². The molecule has 2 aromatic rings. The van der Waals surface area contributed by atoms with E-state index >= 15 is 0 Å². The Labute approximate surface area is 157 Å². The minimum atomic E-state index is 0.417. The van der Waals surface area contributed by atoms with E-state index in [1.165, 1.54) is 28.7 Å². The first-order valence-corrected chi connectivity index (χ1v) is 11.0. The molecule has 0 bridgehead atoms. The third-order valence-electron chi connectivity index (χ3n) is 5.36. The second-order valence-electron chi connectivity index (χ2n) is 7.08. The van der Waals surface area contributed by atoms with E-state index in [-0.39, 0.29) is 0 Å². The Morgan fingerprint density at radius 2 is 2.00 bits per heavy atom. The highest BCUT2D eigenvalue weighted by molar-refractivity contribution is 8.00. The van der Waals surface area contributed by atoms with Crippen LogP contribution < -0.4 is 5.32 Å². The van der Waals surface area contributed by atoms with Crippen LogP contribution in [0.25, 0.3) is 10.2 Å². The van der Waals surface area contributed by atoms with Gasteiger partial charge < -0.3 is 10.1 Å². The maximum atomic E-state index is 5.45. The molecular weight excluding hydrogens is 352 g/mol. The highest BCUT2D eigenvalue weighted by Gasteiger charge is 2.41. The number of ether oxygens (including phenoxy) is 1. The number of thiophene rings is 1. The third kappa shape index (κ3) is 3.65. The molecule has 1 aliphatic heterocycles. The first-order valence-electron chi connectivity index (χ1n) is 8.96. The number of thioether (sulfide) groups is 1. The SMILES string of the molecule is CSC1(CNc2nc(CN3CCOCC3)nc3sc(C)c(C)c23)CC1. The lowest BCUT2D eigenvalue weighted by Gasteiger charge is -2.26. The molecule has 5 nitrogen and oxygen atoms in total. The quantitative estimate of drug-likeness (QED) is 0.831. The molecule has 1 N–H and O–H groups in total. The van der Waals surface area contributed by atoms with Crippen LogP contribution in [0.5, 0.6) is 0 Å². The summed E-state index contributed by atoms with van der Waals surface area (Å²) < 4.78 is 5.87. The molecular formula is C18H26N4OS2. The Morgan fingerprint density at radius 1 is 1.24 bits per heavy atom. The van der Waals surface area contributed by atoms with Gasteiger partial charge in [-0.15, -0.1) is 11.3 Å². The van der Waals surface area contributed by atoms with E-state index in [0.29, 0.717) is 4.75 Å². The highest BCUT2D eigenvalue weighted by atomic mass is 32.2. The Hall–Kier alpha value is -0.890. The van der Waals surface area contributed by atoms with Crippen LogP contribution in [0.2, 0.25) is 0 Å². The van der Waals surface area contributed by atoms with E-state index in [1.807, 2.05) is 11.8 Å². The molecule has 0 amide bonds. The number of hydrogen-bond donors (Lipinski definition) is 1. The predicted octanol–water partition coefficient (Wildman–Crippen LogP) is 3.45. The molecule has 3 heterocycles. The van der Waals surface area contributed by atoms with Gasteiger partial charge in [-0.05, 0) is 38.5 Å². The zero-order valence-electron chi connectivity index (χ0n) is 15.2. The second kappa shape index (κ2) is 7.02. The van der Waals surface area contributed by atoms with Crippen molar-refractivity contribution in [3.63, 3.8) is 0 Å². The second-order valence-corrected chi connectivity index (χ2v) is 9.56. The first-order chi connectivity index (χ1) is 12.1. The fraction of sp³-hybridized carbons (Fsp3) is 0.667. The fourth-order valence-electron chi connectivity index (χ4n) is 3.29. The molecule has 0 unspecified atom stereocenters.